The van der Waals surface area contributed by atoms with E-state index in [4.69, 9.17) is 10.5 Å². The van der Waals surface area contributed by atoms with E-state index in [0.29, 0.717) is 25.4 Å². The third-order valence-electron chi connectivity index (χ3n) is 5.70. The molecule has 0 bridgehead atoms. The van der Waals surface area contributed by atoms with Crippen LogP contribution in [0.25, 0.3) is 0 Å². The highest BCUT2D eigenvalue weighted by atomic mass is 16.6. The molecule has 2 aromatic heterocycles. The summed E-state index contributed by atoms with van der Waals surface area (Å²) in [4.78, 5) is 12.3. The van der Waals surface area contributed by atoms with Crippen LogP contribution < -0.4 is 15.8 Å². The van der Waals surface area contributed by atoms with Crippen LogP contribution in [0.4, 0.5) is 4.79 Å². The second-order valence-corrected chi connectivity index (χ2v) is 8.56. The molecule has 0 atom stereocenters. The molecule has 0 saturated heterocycles. The second-order valence-electron chi connectivity index (χ2n) is 8.56. The number of nitrogens with one attached hydrogen (secondary N) is 1. The van der Waals surface area contributed by atoms with E-state index in [2.05, 4.69) is 39.8 Å². The van der Waals surface area contributed by atoms with Gasteiger partial charge in [0.2, 0.25) is 0 Å². The molecule has 8 nitrogen and oxygen atoms in total. The first-order valence-corrected chi connectivity index (χ1v) is 11.2. The Bertz CT molecular complexity index is 1250. The predicted octanol–water partition coefficient (Wildman–Crippen LogP) is 3.85. The van der Waals surface area contributed by atoms with Crippen molar-refractivity contribution in [1.82, 2.24) is 24.9 Å². The number of amides is 1. The summed E-state index contributed by atoms with van der Waals surface area (Å²) in [6.07, 6.45) is 6.62. The van der Waals surface area contributed by atoms with E-state index in [1.54, 1.807) is 17.1 Å². The number of rotatable bonds is 8. The van der Waals surface area contributed by atoms with Gasteiger partial charge in [0.05, 0.1) is 31.7 Å². The number of carbonyl (C=O) groups excluding carboxylic acids is 1. The Morgan fingerprint density at radius 1 is 0.912 bits per heavy atom. The number of nitrogens with zero attached hydrogens (tertiary/aromatic N) is 4. The SMILES string of the molecule is Cc1cnn(Cc2ccc(Cn3cc(OC(=O)NCc4c(C)cc(CN)cc4C)cn3)cc2)c1. The summed E-state index contributed by atoms with van der Waals surface area (Å²) < 4.78 is 9.07. The van der Waals surface area contributed by atoms with Crippen molar-refractivity contribution in [2.24, 2.45) is 5.73 Å². The number of ether oxygens (including phenoxy) is 1. The summed E-state index contributed by atoms with van der Waals surface area (Å²) in [7, 11) is 0. The summed E-state index contributed by atoms with van der Waals surface area (Å²) in [6, 6.07) is 12.4. The van der Waals surface area contributed by atoms with Gasteiger partial charge in [-0.2, -0.15) is 10.2 Å². The normalized spacial score (nSPS) is 10.9. The van der Waals surface area contributed by atoms with Gasteiger partial charge in [-0.05, 0) is 59.7 Å². The molecule has 0 radical (unpaired) electrons. The highest BCUT2D eigenvalue weighted by Crippen LogP contribution is 2.17. The monoisotopic (exact) mass is 458 g/mol. The maximum absolute atomic E-state index is 12.3. The average Bonchev–Trinajstić information content (AvgIpc) is 3.42. The molecule has 2 heterocycles. The van der Waals surface area contributed by atoms with Crippen molar-refractivity contribution in [3.8, 4) is 5.75 Å². The molecule has 3 N–H and O–H groups in total. The number of hydrogen-bond acceptors (Lipinski definition) is 5. The third kappa shape index (κ3) is 5.90. The molecule has 0 aliphatic carbocycles. The molecule has 4 aromatic rings. The van der Waals surface area contributed by atoms with E-state index in [1.165, 1.54) is 5.56 Å². The largest absolute Gasteiger partial charge is 0.412 e. The van der Waals surface area contributed by atoms with Gasteiger partial charge in [0.25, 0.3) is 0 Å². The van der Waals surface area contributed by atoms with Crippen molar-refractivity contribution in [3.63, 3.8) is 0 Å². The van der Waals surface area contributed by atoms with Crippen molar-refractivity contribution in [3.05, 3.63) is 100 Å². The highest BCUT2D eigenvalue weighted by molar-refractivity contribution is 5.70. The van der Waals surface area contributed by atoms with Crippen LogP contribution in [0.3, 0.4) is 0 Å². The first kappa shape index (κ1) is 23.3. The lowest BCUT2D eigenvalue weighted by Gasteiger charge is -2.13. The van der Waals surface area contributed by atoms with E-state index in [1.807, 2.05) is 50.0 Å². The number of hydrogen-bond donors (Lipinski definition) is 2. The fourth-order valence-electron chi connectivity index (χ4n) is 3.94. The van der Waals surface area contributed by atoms with Crippen LogP contribution in [-0.4, -0.2) is 25.7 Å². The van der Waals surface area contributed by atoms with Gasteiger partial charge in [-0.1, -0.05) is 36.4 Å². The molecule has 34 heavy (non-hydrogen) atoms. The summed E-state index contributed by atoms with van der Waals surface area (Å²) in [5.74, 6) is 0.398. The maximum Gasteiger partial charge on any atom is 0.412 e. The number of benzene rings is 2. The molecule has 0 aliphatic heterocycles. The molecule has 176 valence electrons. The van der Waals surface area contributed by atoms with Gasteiger partial charge in [0.15, 0.2) is 5.75 Å². The predicted molar refractivity (Wildman–Crippen MR) is 131 cm³/mol. The van der Waals surface area contributed by atoms with E-state index in [0.717, 1.165) is 39.9 Å². The maximum atomic E-state index is 12.3. The zero-order valence-corrected chi connectivity index (χ0v) is 19.8. The van der Waals surface area contributed by atoms with Gasteiger partial charge in [0, 0.05) is 19.3 Å². The Kier molecular flexibility index (Phi) is 7.08. The molecule has 1 amide bonds. The molecule has 0 fully saturated rings. The average molecular weight is 459 g/mol. The Labute approximate surface area is 199 Å². The van der Waals surface area contributed by atoms with Crippen molar-refractivity contribution >= 4 is 6.09 Å². The van der Waals surface area contributed by atoms with Crippen molar-refractivity contribution in [1.29, 1.82) is 0 Å². The lowest BCUT2D eigenvalue weighted by atomic mass is 9.99. The van der Waals surface area contributed by atoms with Crippen LogP contribution in [0.2, 0.25) is 0 Å². The molecule has 4 rings (SSSR count). The zero-order valence-electron chi connectivity index (χ0n) is 19.8. The van der Waals surface area contributed by atoms with Gasteiger partial charge in [-0.25, -0.2) is 4.79 Å². The van der Waals surface area contributed by atoms with Crippen LogP contribution in [0, 0.1) is 20.8 Å². The van der Waals surface area contributed by atoms with Crippen molar-refractivity contribution in [2.75, 3.05) is 0 Å². The van der Waals surface area contributed by atoms with E-state index in [9.17, 15) is 4.79 Å². The van der Waals surface area contributed by atoms with E-state index in [-0.39, 0.29) is 0 Å². The van der Waals surface area contributed by atoms with Crippen LogP contribution in [-0.2, 0) is 26.2 Å². The van der Waals surface area contributed by atoms with Crippen LogP contribution in [0.1, 0.15) is 38.9 Å². The first-order valence-electron chi connectivity index (χ1n) is 11.2. The summed E-state index contributed by atoms with van der Waals surface area (Å²) in [5.41, 5.74) is 13.5. The number of carbonyl (C=O) groups is 1. The Balaban J connectivity index is 1.29. The fraction of sp³-hybridized carbons (Fsp3) is 0.269. The Hall–Kier alpha value is -3.91. The number of aromatic nitrogens is 4. The molecule has 0 saturated carbocycles. The van der Waals surface area contributed by atoms with E-state index < -0.39 is 6.09 Å². The van der Waals surface area contributed by atoms with Crippen LogP contribution >= 0.6 is 0 Å². The number of nitrogens with two attached hydrogens (primary N) is 1. The molecule has 8 heteroatoms. The highest BCUT2D eigenvalue weighted by Gasteiger charge is 2.10. The summed E-state index contributed by atoms with van der Waals surface area (Å²) in [5, 5.41) is 11.5. The Morgan fingerprint density at radius 2 is 1.50 bits per heavy atom. The third-order valence-corrected chi connectivity index (χ3v) is 5.70. The number of aryl methyl sites for hydroxylation is 3. The van der Waals surface area contributed by atoms with Crippen LogP contribution in [0.15, 0.2) is 61.2 Å². The second kappa shape index (κ2) is 10.4. The first-order chi connectivity index (χ1) is 16.4. The van der Waals surface area contributed by atoms with Gasteiger partial charge < -0.3 is 15.8 Å². The topological polar surface area (TPSA) is 100.0 Å². The van der Waals surface area contributed by atoms with Gasteiger partial charge in [0.1, 0.15) is 0 Å². The minimum atomic E-state index is -0.514. The summed E-state index contributed by atoms with van der Waals surface area (Å²) >= 11 is 0. The zero-order chi connectivity index (χ0) is 24.1. The molecule has 0 aliphatic rings. The van der Waals surface area contributed by atoms with Gasteiger partial charge in [-0.15, -0.1) is 0 Å². The summed E-state index contributed by atoms with van der Waals surface area (Å²) in [6.45, 7) is 8.27. The van der Waals surface area contributed by atoms with Crippen LogP contribution in [0.5, 0.6) is 5.75 Å². The van der Waals surface area contributed by atoms with Gasteiger partial charge in [-0.3, -0.25) is 9.36 Å². The fourth-order valence-corrected chi connectivity index (χ4v) is 3.94. The molecular weight excluding hydrogens is 428 g/mol. The molecule has 0 spiro atoms. The lowest BCUT2D eigenvalue weighted by Crippen LogP contribution is -2.27. The van der Waals surface area contributed by atoms with Gasteiger partial charge >= 0.3 is 6.09 Å². The van der Waals surface area contributed by atoms with Crippen molar-refractivity contribution < 1.29 is 9.53 Å². The minimum absolute atomic E-state index is 0.389. The minimum Gasteiger partial charge on any atom is -0.407 e. The molecular formula is C26H30N6O2. The molecule has 2 aromatic carbocycles. The van der Waals surface area contributed by atoms with E-state index >= 15 is 0 Å². The smallest absolute Gasteiger partial charge is 0.407 e. The molecule has 0 unspecified atom stereocenters. The van der Waals surface area contributed by atoms with Crippen molar-refractivity contribution in [2.45, 2.75) is 47.0 Å². The quantitative estimate of drug-likeness (QED) is 0.418. The Morgan fingerprint density at radius 3 is 2.06 bits per heavy atom. The lowest BCUT2D eigenvalue weighted by molar-refractivity contribution is 0.200. The standard InChI is InChI=1S/C26H30N6O2/c1-18-11-29-31(14-18)15-21-4-6-22(7-5-21)16-32-17-24(12-30-32)34-26(33)28-13-25-19(2)8-23(10-27)9-20(25)3/h4-9,11-12,14,17H,10,13,15-16,27H2,1-3H3,(H,28,33).